The number of halogens is 1. The molecule has 1 N–H and O–H groups in total. The van der Waals surface area contributed by atoms with Gasteiger partial charge in [0.25, 0.3) is 5.91 Å². The van der Waals surface area contributed by atoms with Crippen LogP contribution in [0.4, 0.5) is 10.5 Å². The first-order valence-corrected chi connectivity index (χ1v) is 9.16. The topological polar surface area (TPSA) is 84.9 Å². The molecule has 1 aromatic rings. The number of anilines is 1. The maximum Gasteiger partial charge on any atom is 2.00 e. The van der Waals surface area contributed by atoms with Crippen molar-refractivity contribution < 1.29 is 55.1 Å². The van der Waals surface area contributed by atoms with Gasteiger partial charge >= 0.3 is 37.2 Å². The molecule has 0 saturated carbocycles. The second-order valence-electron chi connectivity index (χ2n) is 7.48. The number of hydrogen-bond donors (Lipinski definition) is 1. The van der Waals surface area contributed by atoms with Gasteiger partial charge in [0.15, 0.2) is 0 Å². The van der Waals surface area contributed by atoms with Crippen LogP contribution in [0.1, 0.15) is 47.1 Å². The van der Waals surface area contributed by atoms with E-state index in [1.807, 2.05) is 0 Å². The third kappa shape index (κ3) is 8.97. The number of nitrogens with one attached hydrogen (secondary N) is 1. The molecule has 0 unspecified atom stereocenters. The molecule has 1 aromatic carbocycles. The third-order valence-electron chi connectivity index (χ3n) is 3.00. The van der Waals surface area contributed by atoms with Crippen molar-refractivity contribution in [2.45, 2.75) is 59.6 Å². The summed E-state index contributed by atoms with van der Waals surface area (Å²) in [5.41, 5.74) is 0.481. The second-order valence-corrected chi connectivity index (χ2v) is 8.40. The van der Waals surface area contributed by atoms with Gasteiger partial charge in [0.05, 0.1) is 5.69 Å². The number of rotatable bonds is 3. The monoisotopic (exact) mass is 678 g/mol. The summed E-state index contributed by atoms with van der Waals surface area (Å²) < 4.78 is 5.95. The zero-order valence-electron chi connectivity index (χ0n) is 16.9. The Balaban J connectivity index is 0.00000133. The Bertz CT molecular complexity index is 689. The molecule has 9 heteroatoms. The van der Waals surface area contributed by atoms with Crippen molar-refractivity contribution in [2.75, 3.05) is 5.06 Å². The molecule has 0 fully saturated rings. The summed E-state index contributed by atoms with van der Waals surface area (Å²) in [6, 6.07) is 4.24. The zero-order valence-corrected chi connectivity index (χ0v) is 22.6. The van der Waals surface area contributed by atoms with Crippen molar-refractivity contribution >= 4 is 40.1 Å². The molecule has 0 bridgehead atoms. The van der Waals surface area contributed by atoms with Gasteiger partial charge in [-0.25, -0.2) is 4.79 Å². The molecule has 0 spiro atoms. The van der Waals surface area contributed by atoms with Crippen molar-refractivity contribution in [1.82, 2.24) is 5.32 Å². The molecule has 1 atom stereocenters. The van der Waals surface area contributed by atoms with Crippen LogP contribution in [0.15, 0.2) is 22.7 Å². The van der Waals surface area contributed by atoms with E-state index >= 15 is 0 Å². The van der Waals surface area contributed by atoms with E-state index < -0.39 is 23.6 Å². The molecule has 2 amide bonds. The first kappa shape index (κ1) is 27.0. The summed E-state index contributed by atoms with van der Waals surface area (Å²) in [5.74, 6) is 0.842. The van der Waals surface area contributed by atoms with Crippen LogP contribution in [0.2, 0.25) is 0 Å². The van der Waals surface area contributed by atoms with Crippen LogP contribution in [0.25, 0.3) is 0 Å². The first-order chi connectivity index (χ1) is 12.4. The van der Waals surface area contributed by atoms with Gasteiger partial charge in [-0.1, -0.05) is 15.9 Å². The standard InChI is InChI=1S/C15H16BrN2O5.C4H9.U/c1-15(2,3)23-14(21)17-11-7-9-6-10(16)4-5-12(9)18(13(11)20)22-8-19;1-4(2)3;/h4-6,11H,7H2,1-3H3,(H,17,21);1-3H3;/q2*-1;+2/t11-;;/m0../s1. The molecule has 2 rings (SSSR count). The van der Waals surface area contributed by atoms with Crippen LogP contribution < -0.4 is 10.4 Å². The van der Waals surface area contributed by atoms with Gasteiger partial charge in [-0.3, -0.25) is 4.79 Å². The molecule has 0 radical (unpaired) electrons. The number of carbonyl (C=O) groups is 2. The van der Waals surface area contributed by atoms with E-state index in [2.05, 4.69) is 46.9 Å². The van der Waals surface area contributed by atoms with Gasteiger partial charge in [-0.05, 0) is 51.0 Å². The molecule has 1 aliphatic heterocycles. The van der Waals surface area contributed by atoms with Gasteiger partial charge in [0.2, 0.25) is 0 Å². The fourth-order valence-corrected chi connectivity index (χ4v) is 2.59. The number of amides is 2. The normalized spacial score (nSPS) is 15.5. The predicted octanol–water partition coefficient (Wildman–Crippen LogP) is 3.85. The largest absolute Gasteiger partial charge is 2.00 e. The van der Waals surface area contributed by atoms with Crippen LogP contribution in [0.3, 0.4) is 0 Å². The van der Waals surface area contributed by atoms with E-state index in [0.29, 0.717) is 5.69 Å². The van der Waals surface area contributed by atoms with Gasteiger partial charge in [-0.2, -0.15) is 25.8 Å². The van der Waals surface area contributed by atoms with Crippen LogP contribution in [-0.4, -0.2) is 30.1 Å². The van der Waals surface area contributed by atoms with Crippen LogP contribution in [0, 0.1) is 37.0 Å². The fraction of sp³-hybridized carbons (Fsp3) is 0.474. The third-order valence-corrected chi connectivity index (χ3v) is 3.50. The Morgan fingerprint density at radius 3 is 2.39 bits per heavy atom. The Morgan fingerprint density at radius 2 is 1.89 bits per heavy atom. The van der Waals surface area contributed by atoms with Crippen molar-refractivity contribution in [1.29, 1.82) is 0 Å². The zero-order chi connectivity index (χ0) is 20.8. The molecular formula is C19H25BrN2O5U. The van der Waals surface area contributed by atoms with E-state index in [0.717, 1.165) is 15.1 Å². The number of carbonyl (C=O) groups excluding carboxylic acids is 3. The molecule has 28 heavy (non-hydrogen) atoms. The van der Waals surface area contributed by atoms with Crippen LogP contribution in [-0.2, 0) is 25.6 Å². The number of nitrogens with zero attached hydrogens (tertiary/aromatic N) is 1. The van der Waals surface area contributed by atoms with E-state index in [9.17, 15) is 14.4 Å². The van der Waals surface area contributed by atoms with E-state index in [1.54, 1.807) is 39.0 Å². The molecule has 1 heterocycles. The first-order valence-electron chi connectivity index (χ1n) is 8.37. The summed E-state index contributed by atoms with van der Waals surface area (Å²) in [4.78, 5) is 39.5. The van der Waals surface area contributed by atoms with Gasteiger partial charge < -0.3 is 25.6 Å². The minimum atomic E-state index is -0.903. The maximum atomic E-state index is 12.4. The molecule has 152 valence electrons. The Morgan fingerprint density at radius 1 is 1.32 bits per heavy atom. The summed E-state index contributed by atoms with van der Waals surface area (Å²) in [5, 5.41) is 3.32. The molecular weight excluding hydrogens is 654 g/mol. The molecule has 0 aromatic heterocycles. The number of alkyl carbamates (subject to hydrolysis) is 1. The summed E-state index contributed by atoms with van der Waals surface area (Å²) in [6.45, 7) is 12.6. The summed E-state index contributed by atoms with van der Waals surface area (Å²) in [6.07, 6.45) is -0.463. The Kier molecular flexibility index (Phi) is 11.4. The minimum absolute atomic E-state index is 0. The summed E-state index contributed by atoms with van der Waals surface area (Å²) in [7, 11) is 0. The van der Waals surface area contributed by atoms with Crippen molar-refractivity contribution in [3.8, 4) is 0 Å². The second kappa shape index (κ2) is 11.8. The average molecular weight is 679 g/mol. The molecule has 7 nitrogen and oxygen atoms in total. The number of hydroxylamine groups is 1. The predicted molar refractivity (Wildman–Crippen MR) is 106 cm³/mol. The van der Waals surface area contributed by atoms with Crippen LogP contribution >= 0.6 is 15.9 Å². The van der Waals surface area contributed by atoms with E-state index in [4.69, 9.17) is 4.74 Å². The van der Waals surface area contributed by atoms with E-state index in [-0.39, 0.29) is 37.5 Å². The number of hydrogen-bond acceptors (Lipinski definition) is 5. The number of benzene rings is 1. The van der Waals surface area contributed by atoms with E-state index in [1.165, 1.54) is 12.4 Å². The van der Waals surface area contributed by atoms with Crippen molar-refractivity contribution in [2.24, 2.45) is 0 Å². The number of ether oxygens (including phenoxy) is 1. The molecule has 1 aliphatic rings. The Labute approximate surface area is 198 Å². The van der Waals surface area contributed by atoms with Gasteiger partial charge in [-0.15, -0.1) is 0 Å². The van der Waals surface area contributed by atoms with Crippen LogP contribution in [0.5, 0.6) is 0 Å². The molecule has 0 aliphatic carbocycles. The summed E-state index contributed by atoms with van der Waals surface area (Å²) >= 11 is 3.34. The molecule has 0 saturated heterocycles. The minimum Gasteiger partial charge on any atom is -0.538 e. The maximum absolute atomic E-state index is 12.4. The number of fused-ring (bicyclic) bond motifs is 1. The fourth-order valence-electron chi connectivity index (χ4n) is 2.18. The smallest absolute Gasteiger partial charge is 0.538 e. The van der Waals surface area contributed by atoms with Crippen molar-refractivity contribution in [3.63, 3.8) is 0 Å². The SMILES string of the molecule is CC(C)(C)OC(=O)N[C@H]1Cc2cc(Br)ccc2N(O[C-]=O)C1=O.C[C-](C)C.[U+2]. The van der Waals surface area contributed by atoms with Gasteiger partial charge in [0.1, 0.15) is 11.6 Å². The quantitative estimate of drug-likeness (QED) is 0.492. The van der Waals surface area contributed by atoms with Crippen molar-refractivity contribution in [3.05, 3.63) is 34.2 Å². The average Bonchev–Trinajstić information content (AvgIpc) is 2.49. The van der Waals surface area contributed by atoms with Gasteiger partial charge in [0, 0.05) is 10.9 Å². The Hall–Kier alpha value is -1.04.